The number of hydrogen-bond donors (Lipinski definition) is 2. The molecule has 1 aliphatic rings. The van der Waals surface area contributed by atoms with E-state index in [1.54, 1.807) is 0 Å². The van der Waals surface area contributed by atoms with Gasteiger partial charge in [0, 0.05) is 20.1 Å². The first-order valence-electron chi connectivity index (χ1n) is 5.57. The van der Waals surface area contributed by atoms with Crippen molar-refractivity contribution in [1.29, 1.82) is 0 Å². The highest BCUT2D eigenvalue weighted by atomic mass is 15.2. The summed E-state index contributed by atoms with van der Waals surface area (Å²) in [7, 11) is 1.97. The lowest BCUT2D eigenvalue weighted by atomic mass is 10.1. The van der Waals surface area contributed by atoms with Gasteiger partial charge in [0.25, 0.3) is 0 Å². The minimum absolute atomic E-state index is 0.662. The lowest BCUT2D eigenvalue weighted by Gasteiger charge is -2.21. The van der Waals surface area contributed by atoms with Crippen molar-refractivity contribution in [2.24, 2.45) is 11.7 Å². The number of benzene rings is 1. The molecule has 2 rings (SSSR count). The zero-order valence-corrected chi connectivity index (χ0v) is 9.24. The Morgan fingerprint density at radius 1 is 1.47 bits per heavy atom. The molecule has 0 radical (unpaired) electrons. The van der Waals surface area contributed by atoms with Gasteiger partial charge in [0.1, 0.15) is 0 Å². The van der Waals surface area contributed by atoms with Crippen molar-refractivity contribution in [3.63, 3.8) is 0 Å². The molecular weight excluding hydrogens is 186 g/mol. The van der Waals surface area contributed by atoms with Gasteiger partial charge in [-0.2, -0.15) is 0 Å². The zero-order chi connectivity index (χ0) is 10.7. The second-order valence-corrected chi connectivity index (χ2v) is 4.10. The van der Waals surface area contributed by atoms with E-state index in [0.29, 0.717) is 5.92 Å². The van der Waals surface area contributed by atoms with Crippen LogP contribution >= 0.6 is 0 Å². The molecular formula is C12H19N3. The Morgan fingerprint density at radius 2 is 2.27 bits per heavy atom. The minimum Gasteiger partial charge on any atom is -0.386 e. The zero-order valence-electron chi connectivity index (χ0n) is 9.24. The van der Waals surface area contributed by atoms with Gasteiger partial charge in [-0.25, -0.2) is 0 Å². The maximum absolute atomic E-state index is 5.70. The fraction of sp³-hybridized carbons (Fsp3) is 0.500. The van der Waals surface area contributed by atoms with Crippen LogP contribution in [0.4, 0.5) is 11.4 Å². The molecule has 1 unspecified atom stereocenters. The molecule has 0 amide bonds. The molecule has 15 heavy (non-hydrogen) atoms. The Labute approximate surface area is 91.3 Å². The quantitative estimate of drug-likeness (QED) is 0.786. The van der Waals surface area contributed by atoms with E-state index >= 15 is 0 Å². The maximum atomic E-state index is 5.70. The average Bonchev–Trinajstić information content (AvgIpc) is 2.77. The lowest BCUT2D eigenvalue weighted by molar-refractivity contribution is 0.603. The third kappa shape index (κ3) is 2.07. The number of para-hydroxylation sites is 2. The summed E-state index contributed by atoms with van der Waals surface area (Å²) in [5, 5.41) is 3.23. The van der Waals surface area contributed by atoms with Crippen LogP contribution in [0.5, 0.6) is 0 Å². The van der Waals surface area contributed by atoms with Gasteiger partial charge in [0.05, 0.1) is 11.4 Å². The van der Waals surface area contributed by atoms with Crippen LogP contribution in [0.2, 0.25) is 0 Å². The van der Waals surface area contributed by atoms with Crippen molar-refractivity contribution in [2.45, 2.75) is 6.42 Å². The van der Waals surface area contributed by atoms with Gasteiger partial charge >= 0.3 is 0 Å². The molecule has 1 heterocycles. The van der Waals surface area contributed by atoms with Crippen LogP contribution in [-0.2, 0) is 0 Å². The van der Waals surface area contributed by atoms with Crippen LogP contribution < -0.4 is 16.0 Å². The Bertz CT molecular complexity index is 324. The molecule has 1 saturated heterocycles. The van der Waals surface area contributed by atoms with Crippen LogP contribution in [0.3, 0.4) is 0 Å². The van der Waals surface area contributed by atoms with Crippen LogP contribution in [0.25, 0.3) is 0 Å². The average molecular weight is 205 g/mol. The third-order valence-corrected chi connectivity index (χ3v) is 3.13. The largest absolute Gasteiger partial charge is 0.386 e. The van der Waals surface area contributed by atoms with Gasteiger partial charge < -0.3 is 16.0 Å². The predicted molar refractivity (Wildman–Crippen MR) is 65.4 cm³/mol. The number of hydrogen-bond acceptors (Lipinski definition) is 3. The van der Waals surface area contributed by atoms with Gasteiger partial charge in [-0.3, -0.25) is 0 Å². The summed E-state index contributed by atoms with van der Waals surface area (Å²) in [6.07, 6.45) is 1.22. The molecule has 3 nitrogen and oxygen atoms in total. The lowest BCUT2D eigenvalue weighted by Crippen LogP contribution is -2.23. The first-order chi connectivity index (χ1) is 7.35. The highest BCUT2D eigenvalue weighted by Gasteiger charge is 2.22. The normalized spacial score (nSPS) is 20.7. The van der Waals surface area contributed by atoms with E-state index in [0.717, 1.165) is 19.6 Å². The highest BCUT2D eigenvalue weighted by Crippen LogP contribution is 2.29. The van der Waals surface area contributed by atoms with Crippen molar-refractivity contribution in [1.82, 2.24) is 0 Å². The molecule has 0 aromatic heterocycles. The molecule has 0 aliphatic carbocycles. The van der Waals surface area contributed by atoms with Gasteiger partial charge in [-0.05, 0) is 31.0 Å². The monoisotopic (exact) mass is 205 g/mol. The van der Waals surface area contributed by atoms with E-state index < -0.39 is 0 Å². The highest BCUT2D eigenvalue weighted by molar-refractivity contribution is 5.70. The minimum atomic E-state index is 0.662. The fourth-order valence-corrected chi connectivity index (χ4v) is 2.20. The Hall–Kier alpha value is -1.22. The summed E-state index contributed by atoms with van der Waals surface area (Å²) < 4.78 is 0. The van der Waals surface area contributed by atoms with Crippen LogP contribution in [-0.4, -0.2) is 26.7 Å². The molecule has 3 heteroatoms. The van der Waals surface area contributed by atoms with Crippen molar-refractivity contribution in [2.75, 3.05) is 36.9 Å². The van der Waals surface area contributed by atoms with Gasteiger partial charge in [-0.15, -0.1) is 0 Å². The van der Waals surface area contributed by atoms with Gasteiger partial charge in [0.2, 0.25) is 0 Å². The van der Waals surface area contributed by atoms with Crippen LogP contribution in [0.1, 0.15) is 6.42 Å². The summed E-state index contributed by atoms with van der Waals surface area (Å²) in [5.41, 5.74) is 8.21. The van der Waals surface area contributed by atoms with E-state index in [1.807, 2.05) is 7.05 Å². The number of rotatable bonds is 3. The second kappa shape index (κ2) is 4.53. The van der Waals surface area contributed by atoms with E-state index in [1.165, 1.54) is 17.8 Å². The number of anilines is 2. The fourth-order valence-electron chi connectivity index (χ4n) is 2.20. The van der Waals surface area contributed by atoms with Gasteiger partial charge in [0.15, 0.2) is 0 Å². The molecule has 82 valence electrons. The Balaban J connectivity index is 2.16. The van der Waals surface area contributed by atoms with E-state index in [9.17, 15) is 0 Å². The second-order valence-electron chi connectivity index (χ2n) is 4.10. The Kier molecular flexibility index (Phi) is 3.11. The first kappa shape index (κ1) is 10.3. The molecule has 1 atom stereocenters. The number of nitrogens with two attached hydrogens (primary N) is 1. The SMILES string of the molecule is CNc1ccccc1N1CCC(CN)C1. The summed E-state index contributed by atoms with van der Waals surface area (Å²) >= 11 is 0. The van der Waals surface area contributed by atoms with Crippen LogP contribution in [0, 0.1) is 5.92 Å². The van der Waals surface area contributed by atoms with Gasteiger partial charge in [-0.1, -0.05) is 12.1 Å². The molecule has 1 aliphatic heterocycles. The van der Waals surface area contributed by atoms with E-state index in [-0.39, 0.29) is 0 Å². The van der Waals surface area contributed by atoms with E-state index in [4.69, 9.17) is 5.73 Å². The molecule has 1 aromatic rings. The predicted octanol–water partition coefficient (Wildman–Crippen LogP) is 1.51. The number of nitrogens with zero attached hydrogens (tertiary/aromatic N) is 1. The van der Waals surface area contributed by atoms with Crippen molar-refractivity contribution in [3.8, 4) is 0 Å². The topological polar surface area (TPSA) is 41.3 Å². The smallest absolute Gasteiger partial charge is 0.0602 e. The molecule has 0 saturated carbocycles. The van der Waals surface area contributed by atoms with Crippen molar-refractivity contribution < 1.29 is 0 Å². The van der Waals surface area contributed by atoms with E-state index in [2.05, 4.69) is 34.5 Å². The number of nitrogens with one attached hydrogen (secondary N) is 1. The molecule has 1 aromatic carbocycles. The third-order valence-electron chi connectivity index (χ3n) is 3.13. The summed E-state index contributed by atoms with van der Waals surface area (Å²) in [5.74, 6) is 0.662. The van der Waals surface area contributed by atoms with Crippen molar-refractivity contribution >= 4 is 11.4 Å². The molecule has 0 bridgehead atoms. The standard InChI is InChI=1S/C12H19N3/c1-14-11-4-2-3-5-12(11)15-7-6-10(8-13)9-15/h2-5,10,14H,6-9,13H2,1H3. The first-order valence-corrected chi connectivity index (χ1v) is 5.57. The van der Waals surface area contributed by atoms with Crippen molar-refractivity contribution in [3.05, 3.63) is 24.3 Å². The maximum Gasteiger partial charge on any atom is 0.0602 e. The molecule has 3 N–H and O–H groups in total. The molecule has 1 fully saturated rings. The summed E-state index contributed by atoms with van der Waals surface area (Å²) in [4.78, 5) is 2.42. The summed E-state index contributed by atoms with van der Waals surface area (Å²) in [6, 6.07) is 8.44. The Morgan fingerprint density at radius 3 is 2.93 bits per heavy atom. The molecule has 0 spiro atoms. The summed E-state index contributed by atoms with van der Waals surface area (Å²) in [6.45, 7) is 3.02. The van der Waals surface area contributed by atoms with Crippen LogP contribution in [0.15, 0.2) is 24.3 Å².